The molecular weight excluding hydrogens is 332 g/mol. The monoisotopic (exact) mass is 360 g/mol. The average molecular weight is 361 g/mol. The van der Waals surface area contributed by atoms with E-state index in [4.69, 9.17) is 0 Å². The summed E-state index contributed by atoms with van der Waals surface area (Å²) < 4.78 is 0. The zero-order valence-corrected chi connectivity index (χ0v) is 16.0. The number of hydrogen-bond donors (Lipinski definition) is 2. The van der Waals surface area contributed by atoms with Crippen LogP contribution in [0.3, 0.4) is 0 Å². The third-order valence-electron chi connectivity index (χ3n) is 7.17. The van der Waals surface area contributed by atoms with Gasteiger partial charge in [-0.25, -0.2) is 4.79 Å². The van der Waals surface area contributed by atoms with Crippen LogP contribution in [0.2, 0.25) is 0 Å². The first-order valence-corrected chi connectivity index (χ1v) is 10.3. The first kappa shape index (κ1) is 16.9. The quantitative estimate of drug-likeness (QED) is 0.681. The van der Waals surface area contributed by atoms with Crippen molar-refractivity contribution in [3.63, 3.8) is 0 Å². The standard InChI is InChI=1S/C24H28N2O/c1-16-7-8-20(24-13-17-9-18(14-24)11-19(10-17)15-24)12-22(16)26-23(27)25-21-5-3-2-4-6-21/h2-8,12,17-19H,9-11,13-15H2,1H3,(H2,25,26,27). The van der Waals surface area contributed by atoms with E-state index in [1.807, 2.05) is 30.3 Å². The Labute approximate surface area is 161 Å². The van der Waals surface area contributed by atoms with E-state index in [0.29, 0.717) is 5.41 Å². The third-order valence-corrected chi connectivity index (χ3v) is 7.17. The fraction of sp³-hybridized carbons (Fsp3) is 0.458. The number of nitrogens with one attached hydrogen (secondary N) is 2. The molecule has 27 heavy (non-hydrogen) atoms. The number of carbonyl (C=O) groups is 1. The molecule has 0 radical (unpaired) electrons. The molecule has 0 aliphatic heterocycles. The molecule has 0 heterocycles. The van der Waals surface area contributed by atoms with Crippen molar-refractivity contribution in [3.05, 3.63) is 59.7 Å². The second kappa shape index (κ2) is 6.40. The summed E-state index contributed by atoms with van der Waals surface area (Å²) in [5, 5.41) is 6.00. The molecule has 4 aliphatic rings. The predicted octanol–water partition coefficient (Wildman–Crippen LogP) is 6.11. The normalized spacial score (nSPS) is 30.9. The molecule has 0 spiro atoms. The van der Waals surface area contributed by atoms with Crippen LogP contribution < -0.4 is 10.6 Å². The maximum Gasteiger partial charge on any atom is 0.323 e. The summed E-state index contributed by atoms with van der Waals surface area (Å²) in [6.07, 6.45) is 8.40. The van der Waals surface area contributed by atoms with Gasteiger partial charge in [0.1, 0.15) is 0 Å². The van der Waals surface area contributed by atoms with Gasteiger partial charge in [-0.1, -0.05) is 30.3 Å². The molecule has 4 saturated carbocycles. The summed E-state index contributed by atoms with van der Waals surface area (Å²) in [5.41, 5.74) is 4.67. The Balaban J connectivity index is 1.38. The average Bonchev–Trinajstić information content (AvgIpc) is 2.63. The van der Waals surface area contributed by atoms with E-state index in [-0.39, 0.29) is 6.03 Å². The molecule has 0 atom stereocenters. The molecule has 3 nitrogen and oxygen atoms in total. The number of carbonyl (C=O) groups excluding carboxylic acids is 1. The van der Waals surface area contributed by atoms with Crippen molar-refractivity contribution in [2.24, 2.45) is 17.8 Å². The Morgan fingerprint density at radius 2 is 1.52 bits per heavy atom. The number of amides is 2. The van der Waals surface area contributed by atoms with Crippen molar-refractivity contribution >= 4 is 17.4 Å². The van der Waals surface area contributed by atoms with E-state index in [1.54, 1.807) is 0 Å². The van der Waals surface area contributed by atoms with Crippen LogP contribution in [-0.2, 0) is 5.41 Å². The van der Waals surface area contributed by atoms with Gasteiger partial charge in [0.05, 0.1) is 0 Å². The molecule has 0 aromatic heterocycles. The van der Waals surface area contributed by atoms with E-state index in [2.05, 4.69) is 35.8 Å². The summed E-state index contributed by atoms with van der Waals surface area (Å²) in [6.45, 7) is 2.07. The molecule has 4 aliphatic carbocycles. The predicted molar refractivity (Wildman–Crippen MR) is 110 cm³/mol. The molecule has 2 N–H and O–H groups in total. The van der Waals surface area contributed by atoms with Gasteiger partial charge in [-0.2, -0.15) is 0 Å². The summed E-state index contributed by atoms with van der Waals surface area (Å²) in [4.78, 5) is 12.5. The highest BCUT2D eigenvalue weighted by atomic mass is 16.2. The minimum atomic E-state index is -0.174. The van der Waals surface area contributed by atoms with E-state index in [1.165, 1.54) is 44.1 Å². The van der Waals surface area contributed by atoms with Crippen molar-refractivity contribution in [2.75, 3.05) is 10.6 Å². The second-order valence-corrected chi connectivity index (χ2v) is 9.17. The lowest BCUT2D eigenvalue weighted by Crippen LogP contribution is -2.48. The minimum Gasteiger partial charge on any atom is -0.308 e. The largest absolute Gasteiger partial charge is 0.323 e. The molecular formula is C24H28N2O. The smallest absolute Gasteiger partial charge is 0.308 e. The van der Waals surface area contributed by atoms with Gasteiger partial charge in [-0.05, 0) is 97.9 Å². The Morgan fingerprint density at radius 3 is 2.15 bits per heavy atom. The Kier molecular flexibility index (Phi) is 3.99. The summed E-state index contributed by atoms with van der Waals surface area (Å²) >= 11 is 0. The maximum atomic E-state index is 12.5. The van der Waals surface area contributed by atoms with Crippen molar-refractivity contribution < 1.29 is 4.79 Å². The van der Waals surface area contributed by atoms with Gasteiger partial charge < -0.3 is 10.6 Å². The van der Waals surface area contributed by atoms with Gasteiger partial charge in [0.15, 0.2) is 0 Å². The van der Waals surface area contributed by atoms with Gasteiger partial charge in [0, 0.05) is 11.4 Å². The molecule has 2 amide bonds. The maximum absolute atomic E-state index is 12.5. The van der Waals surface area contributed by atoms with Gasteiger partial charge in [-0.3, -0.25) is 0 Å². The SMILES string of the molecule is Cc1ccc(C23CC4CC(CC(C4)C2)C3)cc1NC(=O)Nc1ccccc1. The van der Waals surface area contributed by atoms with Gasteiger partial charge in [0.25, 0.3) is 0 Å². The number of hydrogen-bond acceptors (Lipinski definition) is 1. The van der Waals surface area contributed by atoms with E-state index in [9.17, 15) is 4.79 Å². The minimum absolute atomic E-state index is 0.174. The lowest BCUT2D eigenvalue weighted by molar-refractivity contribution is -0.00516. The topological polar surface area (TPSA) is 41.1 Å². The first-order chi connectivity index (χ1) is 13.1. The highest BCUT2D eigenvalue weighted by molar-refractivity contribution is 6.00. The van der Waals surface area contributed by atoms with Crippen molar-refractivity contribution in [3.8, 4) is 0 Å². The van der Waals surface area contributed by atoms with Crippen LogP contribution in [0.5, 0.6) is 0 Å². The molecule has 2 aromatic carbocycles. The fourth-order valence-corrected chi connectivity index (χ4v) is 6.36. The summed E-state index contributed by atoms with van der Waals surface area (Å²) in [6, 6.07) is 16.2. The van der Waals surface area contributed by atoms with Gasteiger partial charge >= 0.3 is 6.03 Å². The number of para-hydroxylation sites is 1. The summed E-state index contributed by atoms with van der Waals surface area (Å²) in [7, 11) is 0. The zero-order chi connectivity index (χ0) is 18.4. The van der Waals surface area contributed by atoms with Crippen molar-refractivity contribution in [2.45, 2.75) is 50.9 Å². The number of anilines is 2. The van der Waals surface area contributed by atoms with Crippen LogP contribution in [0.15, 0.2) is 48.5 Å². The zero-order valence-electron chi connectivity index (χ0n) is 16.0. The molecule has 140 valence electrons. The van der Waals surface area contributed by atoms with E-state index in [0.717, 1.165) is 34.7 Å². The Bertz CT molecular complexity index is 823. The highest BCUT2D eigenvalue weighted by Crippen LogP contribution is 2.60. The lowest BCUT2D eigenvalue weighted by atomic mass is 9.48. The molecule has 0 saturated heterocycles. The van der Waals surface area contributed by atoms with Crippen molar-refractivity contribution in [1.29, 1.82) is 0 Å². The molecule has 4 bridgehead atoms. The van der Waals surface area contributed by atoms with Crippen LogP contribution >= 0.6 is 0 Å². The molecule has 6 rings (SSSR count). The van der Waals surface area contributed by atoms with Crippen molar-refractivity contribution in [1.82, 2.24) is 0 Å². The Hall–Kier alpha value is -2.29. The summed E-state index contributed by atoms with van der Waals surface area (Å²) in [5.74, 6) is 2.78. The number of rotatable bonds is 3. The number of aryl methyl sites for hydroxylation is 1. The molecule has 2 aromatic rings. The molecule has 3 heteroatoms. The second-order valence-electron chi connectivity index (χ2n) is 9.17. The number of benzene rings is 2. The van der Waals surface area contributed by atoms with Crippen LogP contribution in [0, 0.1) is 24.7 Å². The van der Waals surface area contributed by atoms with Crippen LogP contribution in [0.25, 0.3) is 0 Å². The van der Waals surface area contributed by atoms with E-state index >= 15 is 0 Å². The first-order valence-electron chi connectivity index (χ1n) is 10.3. The number of urea groups is 1. The third kappa shape index (κ3) is 3.13. The van der Waals surface area contributed by atoms with E-state index < -0.39 is 0 Å². The lowest BCUT2D eigenvalue weighted by Gasteiger charge is -2.57. The van der Waals surface area contributed by atoms with Crippen LogP contribution in [-0.4, -0.2) is 6.03 Å². The molecule has 4 fully saturated rings. The Morgan fingerprint density at radius 1 is 0.889 bits per heavy atom. The highest BCUT2D eigenvalue weighted by Gasteiger charge is 2.51. The molecule has 0 unspecified atom stereocenters. The van der Waals surface area contributed by atoms with Gasteiger partial charge in [0.2, 0.25) is 0 Å². The van der Waals surface area contributed by atoms with Crippen LogP contribution in [0.4, 0.5) is 16.2 Å². The van der Waals surface area contributed by atoms with Crippen LogP contribution in [0.1, 0.15) is 49.7 Å². The van der Waals surface area contributed by atoms with Gasteiger partial charge in [-0.15, -0.1) is 0 Å². The fourth-order valence-electron chi connectivity index (χ4n) is 6.36.